The summed E-state index contributed by atoms with van der Waals surface area (Å²) < 4.78 is 0. The van der Waals surface area contributed by atoms with E-state index < -0.39 is 0 Å². The Morgan fingerprint density at radius 3 is 1.79 bits per heavy atom. The van der Waals surface area contributed by atoms with Crippen LogP contribution in [-0.2, 0) is 9.59 Å². The number of aromatic nitrogens is 4. The first-order valence-electron chi connectivity index (χ1n) is 15.6. The molecule has 1 saturated carbocycles. The molecule has 14 nitrogen and oxygen atoms in total. The number of aryl methyl sites for hydroxylation is 2. The van der Waals surface area contributed by atoms with E-state index in [0.29, 0.717) is 6.42 Å². The van der Waals surface area contributed by atoms with Gasteiger partial charge in [-0.25, -0.2) is 19.9 Å². The SMILES string of the molecule is Cc1nc(/N=C(\N)NC(=O)C2CCC(N)CC2)nc2ccccc12.Cc1nc(/N=C(\N)NC(=O)CCCN(C)C)nc2ccccc12. The van der Waals surface area contributed by atoms with Gasteiger partial charge in [0.25, 0.3) is 11.9 Å². The van der Waals surface area contributed by atoms with Crippen LogP contribution in [0, 0.1) is 19.8 Å². The van der Waals surface area contributed by atoms with Crippen LogP contribution >= 0.6 is 0 Å². The van der Waals surface area contributed by atoms with E-state index in [1.54, 1.807) is 0 Å². The number of fused-ring (bicyclic) bond motifs is 2. The number of nitrogens with two attached hydrogens (primary N) is 3. The second-order valence-corrected chi connectivity index (χ2v) is 11.8. The summed E-state index contributed by atoms with van der Waals surface area (Å²) in [6, 6.07) is 15.6. The molecule has 0 radical (unpaired) electrons. The van der Waals surface area contributed by atoms with Gasteiger partial charge in [0.1, 0.15) is 0 Å². The molecule has 2 heterocycles. The molecule has 2 aromatic heterocycles. The molecular weight excluding hydrogens is 596 g/mol. The number of nitrogens with one attached hydrogen (secondary N) is 2. The highest BCUT2D eigenvalue weighted by atomic mass is 16.2. The third-order valence-corrected chi connectivity index (χ3v) is 7.68. The fraction of sp³-hybridized carbons (Fsp3) is 0.394. The van der Waals surface area contributed by atoms with Crippen molar-refractivity contribution in [2.24, 2.45) is 33.1 Å². The first-order chi connectivity index (χ1) is 22.5. The summed E-state index contributed by atoms with van der Waals surface area (Å²) in [4.78, 5) is 51.6. The molecule has 1 fully saturated rings. The zero-order valence-electron chi connectivity index (χ0n) is 27.4. The molecule has 47 heavy (non-hydrogen) atoms. The van der Waals surface area contributed by atoms with Crippen molar-refractivity contribution >= 4 is 57.4 Å². The lowest BCUT2D eigenvalue weighted by molar-refractivity contribution is -0.124. The van der Waals surface area contributed by atoms with Crippen molar-refractivity contribution in [3.05, 3.63) is 59.9 Å². The predicted molar refractivity (Wildman–Crippen MR) is 185 cm³/mol. The molecule has 0 aliphatic heterocycles. The van der Waals surface area contributed by atoms with E-state index in [2.05, 4.69) is 40.6 Å². The van der Waals surface area contributed by atoms with E-state index in [-0.39, 0.29) is 47.6 Å². The minimum absolute atomic E-state index is 0.00883. The molecule has 0 saturated heterocycles. The summed E-state index contributed by atoms with van der Waals surface area (Å²) in [5.41, 5.74) is 20.7. The molecule has 0 spiro atoms. The van der Waals surface area contributed by atoms with E-state index in [4.69, 9.17) is 17.2 Å². The maximum Gasteiger partial charge on any atom is 0.253 e. The summed E-state index contributed by atoms with van der Waals surface area (Å²) >= 11 is 0. The van der Waals surface area contributed by atoms with Gasteiger partial charge in [0.2, 0.25) is 23.7 Å². The van der Waals surface area contributed by atoms with E-state index in [1.165, 1.54) is 0 Å². The highest BCUT2D eigenvalue weighted by molar-refractivity contribution is 5.98. The van der Waals surface area contributed by atoms with Crippen molar-refractivity contribution in [3.8, 4) is 0 Å². The van der Waals surface area contributed by atoms with E-state index >= 15 is 0 Å². The van der Waals surface area contributed by atoms with Gasteiger partial charge in [-0.2, -0.15) is 9.98 Å². The molecule has 14 heteroatoms. The van der Waals surface area contributed by atoms with Crippen LogP contribution in [-0.4, -0.2) is 75.3 Å². The van der Waals surface area contributed by atoms with Crippen molar-refractivity contribution in [2.75, 3.05) is 20.6 Å². The van der Waals surface area contributed by atoms with E-state index in [0.717, 1.165) is 71.8 Å². The predicted octanol–water partition coefficient (Wildman–Crippen LogP) is 2.86. The molecule has 0 bridgehead atoms. The number of rotatable bonds is 7. The van der Waals surface area contributed by atoms with E-state index in [9.17, 15) is 9.59 Å². The van der Waals surface area contributed by atoms with Crippen molar-refractivity contribution in [1.82, 2.24) is 35.5 Å². The van der Waals surface area contributed by atoms with Crippen molar-refractivity contribution in [2.45, 2.75) is 58.4 Å². The molecule has 1 aliphatic rings. The number of amides is 2. The lowest BCUT2D eigenvalue weighted by Gasteiger charge is -2.24. The number of para-hydroxylation sites is 2. The number of hydrogen-bond donors (Lipinski definition) is 5. The van der Waals surface area contributed by atoms with Crippen molar-refractivity contribution in [1.29, 1.82) is 0 Å². The Morgan fingerprint density at radius 1 is 0.787 bits per heavy atom. The van der Waals surface area contributed by atoms with Crippen LogP contribution in [0.3, 0.4) is 0 Å². The number of guanidine groups is 2. The van der Waals surface area contributed by atoms with Gasteiger partial charge in [0.15, 0.2) is 0 Å². The lowest BCUT2D eigenvalue weighted by Crippen LogP contribution is -2.42. The second kappa shape index (κ2) is 16.5. The number of carbonyl (C=O) groups excluding carboxylic acids is 2. The van der Waals surface area contributed by atoms with Gasteiger partial charge in [-0.3, -0.25) is 20.2 Å². The van der Waals surface area contributed by atoms with Gasteiger partial charge in [-0.1, -0.05) is 36.4 Å². The topological polar surface area (TPSA) is 216 Å². The molecule has 2 aromatic carbocycles. The smallest absolute Gasteiger partial charge is 0.253 e. The van der Waals surface area contributed by atoms with Gasteiger partial charge in [0.05, 0.1) is 22.4 Å². The van der Waals surface area contributed by atoms with Gasteiger partial charge < -0.3 is 22.1 Å². The van der Waals surface area contributed by atoms with Gasteiger partial charge in [-0.05, 0) is 78.7 Å². The zero-order chi connectivity index (χ0) is 33.9. The third kappa shape index (κ3) is 10.5. The molecule has 5 rings (SSSR count). The first kappa shape index (κ1) is 34.8. The molecule has 2 amide bonds. The molecule has 1 aliphatic carbocycles. The van der Waals surface area contributed by atoms with Crippen LogP contribution < -0.4 is 27.8 Å². The summed E-state index contributed by atoms with van der Waals surface area (Å²) in [5.74, 6) is 0.185. The average Bonchev–Trinajstić information content (AvgIpc) is 3.01. The number of aliphatic imine (C=N–C) groups is 2. The van der Waals surface area contributed by atoms with Crippen LogP contribution in [0.4, 0.5) is 11.9 Å². The van der Waals surface area contributed by atoms with Crippen LogP contribution in [0.15, 0.2) is 58.5 Å². The van der Waals surface area contributed by atoms with E-state index in [1.807, 2.05) is 81.4 Å². The lowest BCUT2D eigenvalue weighted by atomic mass is 9.86. The highest BCUT2D eigenvalue weighted by Gasteiger charge is 2.25. The normalized spacial score (nSPS) is 16.9. The molecule has 8 N–H and O–H groups in total. The van der Waals surface area contributed by atoms with Crippen LogP contribution in [0.1, 0.15) is 49.9 Å². The maximum absolute atomic E-state index is 12.2. The second-order valence-electron chi connectivity index (χ2n) is 11.8. The Balaban J connectivity index is 0.000000213. The standard InChI is InChI=1S/C17H22N6O.C16H22N6O/c1-10-13-4-2-3-5-14(13)21-17(20-10)23-16(19)22-15(24)11-6-8-12(18)9-7-11;1-11-12-7-4-5-8-13(12)19-16(18-11)21-15(17)20-14(23)9-6-10-22(2)3/h2-5,11-12H,6-9,18H2,1H3,(H3,19,20,21,22,23,24);4-5,7-8H,6,9-10H2,1-3H3,(H3,17,18,19,20,21,23). The number of benzene rings is 2. The van der Waals surface area contributed by atoms with Gasteiger partial charge >= 0.3 is 0 Å². The molecule has 4 aromatic rings. The Morgan fingerprint density at radius 2 is 1.28 bits per heavy atom. The quantitative estimate of drug-likeness (QED) is 0.147. The van der Waals surface area contributed by atoms with Crippen LogP contribution in [0.5, 0.6) is 0 Å². The first-order valence-corrected chi connectivity index (χ1v) is 15.6. The fourth-order valence-corrected chi connectivity index (χ4v) is 5.18. The molecular formula is C33H44N12O2. The number of hydrogen-bond acceptors (Lipinski definition) is 10. The largest absolute Gasteiger partial charge is 0.369 e. The Kier molecular flexibility index (Phi) is 12.2. The Hall–Kier alpha value is -5.08. The number of nitrogens with zero attached hydrogens (tertiary/aromatic N) is 7. The van der Waals surface area contributed by atoms with Gasteiger partial charge in [0, 0.05) is 29.2 Å². The summed E-state index contributed by atoms with van der Waals surface area (Å²) in [5, 5.41) is 7.15. The minimum atomic E-state index is -0.161. The van der Waals surface area contributed by atoms with Crippen LogP contribution in [0.25, 0.3) is 21.8 Å². The zero-order valence-corrected chi connectivity index (χ0v) is 27.4. The molecule has 0 atom stereocenters. The summed E-state index contributed by atoms with van der Waals surface area (Å²) in [6.07, 6.45) is 4.45. The highest BCUT2D eigenvalue weighted by Crippen LogP contribution is 2.23. The van der Waals surface area contributed by atoms with Crippen LogP contribution in [0.2, 0.25) is 0 Å². The number of carbonyl (C=O) groups is 2. The third-order valence-electron chi connectivity index (χ3n) is 7.68. The fourth-order valence-electron chi connectivity index (χ4n) is 5.18. The van der Waals surface area contributed by atoms with Crippen molar-refractivity contribution in [3.63, 3.8) is 0 Å². The molecule has 0 unspecified atom stereocenters. The summed E-state index contributed by atoms with van der Waals surface area (Å²) in [7, 11) is 3.93. The summed E-state index contributed by atoms with van der Waals surface area (Å²) in [6.45, 7) is 4.62. The molecule has 248 valence electrons. The monoisotopic (exact) mass is 640 g/mol. The van der Waals surface area contributed by atoms with Gasteiger partial charge in [-0.15, -0.1) is 0 Å². The maximum atomic E-state index is 12.2. The Labute approximate surface area is 274 Å². The Bertz CT molecular complexity index is 1760. The van der Waals surface area contributed by atoms with Crippen molar-refractivity contribution < 1.29 is 9.59 Å². The average molecular weight is 641 g/mol. The minimum Gasteiger partial charge on any atom is -0.369 e.